The molecule has 6 N–H and O–H groups in total. The van der Waals surface area contributed by atoms with Crippen molar-refractivity contribution in [2.24, 2.45) is 0 Å². The maximum atomic E-state index is 9.00. The predicted octanol–water partition coefficient (Wildman–Crippen LogP) is -0.153. The first-order valence-electron chi connectivity index (χ1n) is 5.27. The molecule has 0 saturated carbocycles. The van der Waals surface area contributed by atoms with Gasteiger partial charge in [0.25, 0.3) is 17.9 Å². The lowest BCUT2D eigenvalue weighted by Crippen LogP contribution is -2.24. The molecule has 0 unspecified atom stereocenters. The van der Waals surface area contributed by atoms with Crippen LogP contribution in [0.4, 0.5) is 0 Å². The largest absolute Gasteiger partial charge is 0.481 e. The molecule has 0 saturated heterocycles. The third-order valence-corrected chi connectivity index (χ3v) is 0.664. The minimum absolute atomic E-state index is 0.619. The second-order valence-corrected chi connectivity index (χ2v) is 2.82. The Morgan fingerprint density at radius 3 is 1.26 bits per heavy atom. The van der Waals surface area contributed by atoms with E-state index in [4.69, 9.17) is 34.9 Å². The van der Waals surface area contributed by atoms with Gasteiger partial charge in [-0.25, -0.2) is 5.48 Å². The summed E-state index contributed by atoms with van der Waals surface area (Å²) in [5.41, 5.74) is 2.04. The number of hydrogen-bond acceptors (Lipinski definition) is 6. The molecule has 0 bridgehead atoms. The van der Waals surface area contributed by atoms with E-state index in [-0.39, 0.29) is 0 Å². The predicted molar refractivity (Wildman–Crippen MR) is 68.3 cm³/mol. The van der Waals surface area contributed by atoms with Gasteiger partial charge in [0.15, 0.2) is 0 Å². The quantitative estimate of drug-likeness (QED) is 0.305. The summed E-state index contributed by atoms with van der Waals surface area (Å²) in [7, 11) is 0. The van der Waals surface area contributed by atoms with Crippen LogP contribution >= 0.6 is 0 Å². The number of aliphatic carboxylic acids is 3. The van der Waals surface area contributed by atoms with E-state index in [9.17, 15) is 0 Å². The molecule has 0 aromatic rings. The molecule has 0 aromatic carbocycles. The maximum absolute atomic E-state index is 9.00. The second-order valence-electron chi connectivity index (χ2n) is 2.82. The van der Waals surface area contributed by atoms with Gasteiger partial charge < -0.3 is 25.8 Å². The number of hydroxylamine groups is 1. The van der Waals surface area contributed by atoms with Crippen molar-refractivity contribution >= 4 is 17.9 Å². The van der Waals surface area contributed by atoms with Crippen LogP contribution in [0.1, 0.15) is 27.7 Å². The minimum atomic E-state index is -0.833. The summed E-state index contributed by atoms with van der Waals surface area (Å²) in [6, 6.07) is 0. The summed E-state index contributed by atoms with van der Waals surface area (Å²) >= 11 is 0. The highest BCUT2D eigenvalue weighted by molar-refractivity contribution is 5.63. The number of likely N-dealkylation sites (N-methyl/N-ethyl adjacent to an activating group) is 1. The minimum Gasteiger partial charge on any atom is -0.481 e. The van der Waals surface area contributed by atoms with Crippen LogP contribution in [-0.2, 0) is 14.4 Å². The van der Waals surface area contributed by atoms with Gasteiger partial charge in [-0.15, -0.1) is 0 Å². The van der Waals surface area contributed by atoms with Gasteiger partial charge >= 0.3 is 0 Å². The van der Waals surface area contributed by atoms with E-state index in [1.54, 1.807) is 0 Å². The molecule has 0 aliphatic carbocycles. The maximum Gasteiger partial charge on any atom is 0.300 e. The summed E-state index contributed by atoms with van der Waals surface area (Å²) < 4.78 is 0. The topological polar surface area (TPSA) is 156 Å². The molecule has 0 aliphatic heterocycles. The molecule has 0 heterocycles. The van der Waals surface area contributed by atoms with Gasteiger partial charge in [-0.1, -0.05) is 6.92 Å². The van der Waals surface area contributed by atoms with Gasteiger partial charge in [0, 0.05) is 33.9 Å². The molecule has 0 atom stereocenters. The van der Waals surface area contributed by atoms with Crippen molar-refractivity contribution in [1.29, 1.82) is 0 Å². The molecule has 0 aromatic heterocycles. The van der Waals surface area contributed by atoms with Crippen molar-refractivity contribution in [3.8, 4) is 0 Å². The fraction of sp³-hybridized carbons (Fsp3) is 0.700. The Hall–Kier alpha value is -1.71. The van der Waals surface area contributed by atoms with Crippen molar-refractivity contribution in [2.45, 2.75) is 27.7 Å². The average Bonchev–Trinajstić information content (AvgIpc) is 2.15. The van der Waals surface area contributed by atoms with Crippen molar-refractivity contribution in [3.63, 3.8) is 0 Å². The van der Waals surface area contributed by atoms with Crippen LogP contribution in [0.15, 0.2) is 0 Å². The van der Waals surface area contributed by atoms with Crippen LogP contribution in [0.5, 0.6) is 0 Å². The Kier molecular flexibility index (Phi) is 34.5. The summed E-state index contributed by atoms with van der Waals surface area (Å²) in [6.45, 7) is 7.68. The monoisotopic (exact) mass is 284 g/mol. The van der Waals surface area contributed by atoms with Gasteiger partial charge in [-0.2, -0.15) is 0 Å². The number of hydrogen-bond donors (Lipinski definition) is 6. The van der Waals surface area contributed by atoms with Crippen LogP contribution in [-0.4, -0.2) is 58.1 Å². The molecule has 9 heteroatoms. The summed E-state index contributed by atoms with van der Waals surface area (Å²) in [5.74, 6) is -2.50. The van der Waals surface area contributed by atoms with Crippen LogP contribution in [0.3, 0.4) is 0 Å². The van der Waals surface area contributed by atoms with Crippen molar-refractivity contribution in [1.82, 2.24) is 10.8 Å². The Balaban J connectivity index is -0.0000000825. The van der Waals surface area contributed by atoms with Crippen LogP contribution in [0.25, 0.3) is 0 Å². The van der Waals surface area contributed by atoms with Crippen molar-refractivity contribution in [2.75, 3.05) is 19.6 Å². The highest BCUT2D eigenvalue weighted by Gasteiger charge is 1.76. The lowest BCUT2D eigenvalue weighted by Gasteiger charge is -1.95. The Morgan fingerprint density at radius 1 is 0.842 bits per heavy atom. The molecular formula is C10H24N2O7. The third kappa shape index (κ3) is 634. The summed E-state index contributed by atoms with van der Waals surface area (Å²) in [5, 5.41) is 33.3. The Labute approximate surface area is 112 Å². The van der Waals surface area contributed by atoms with E-state index in [1.807, 2.05) is 12.4 Å². The molecular weight excluding hydrogens is 260 g/mol. The third-order valence-electron chi connectivity index (χ3n) is 0.664. The zero-order chi connectivity index (χ0) is 16.3. The van der Waals surface area contributed by atoms with Gasteiger partial charge in [0.2, 0.25) is 0 Å². The first-order chi connectivity index (χ1) is 8.61. The van der Waals surface area contributed by atoms with Gasteiger partial charge in [0.1, 0.15) is 0 Å². The molecule has 116 valence electrons. The van der Waals surface area contributed by atoms with E-state index in [0.29, 0.717) is 6.54 Å². The van der Waals surface area contributed by atoms with E-state index in [0.717, 1.165) is 33.9 Å². The first kappa shape index (κ1) is 26.0. The summed E-state index contributed by atoms with van der Waals surface area (Å²) in [6.07, 6.45) is 0. The van der Waals surface area contributed by atoms with E-state index in [1.165, 1.54) is 0 Å². The standard InChI is InChI=1S/C4H12N2O.3C2H4O2/c1-2-5-3-4-6-7;3*1-2(3)4/h5-7H,2-4H2,1H3;3*1H3,(H,3,4). The number of carboxylic acid groups (broad SMARTS) is 3. The van der Waals surface area contributed by atoms with Crippen LogP contribution < -0.4 is 10.8 Å². The van der Waals surface area contributed by atoms with Crippen LogP contribution in [0, 0.1) is 0 Å². The number of carboxylic acids is 3. The molecule has 0 fully saturated rings. The highest BCUT2D eigenvalue weighted by Crippen LogP contribution is 1.52. The first-order valence-corrected chi connectivity index (χ1v) is 5.27. The molecule has 0 amide bonds. The molecule has 0 aliphatic rings. The Morgan fingerprint density at radius 2 is 1.11 bits per heavy atom. The smallest absolute Gasteiger partial charge is 0.300 e. The average molecular weight is 284 g/mol. The zero-order valence-electron chi connectivity index (χ0n) is 11.6. The van der Waals surface area contributed by atoms with Crippen LogP contribution in [0.2, 0.25) is 0 Å². The van der Waals surface area contributed by atoms with Gasteiger partial charge in [-0.3, -0.25) is 14.4 Å². The normalized spacial score (nSPS) is 7.42. The SMILES string of the molecule is CC(=O)O.CC(=O)O.CC(=O)O.CCNCCNO. The zero-order valence-corrected chi connectivity index (χ0v) is 11.6. The molecule has 9 nitrogen and oxygen atoms in total. The molecule has 0 spiro atoms. The Bertz CT molecular complexity index is 177. The van der Waals surface area contributed by atoms with E-state index in [2.05, 4.69) is 5.32 Å². The molecule has 19 heavy (non-hydrogen) atoms. The fourth-order valence-electron chi connectivity index (χ4n) is 0.321. The fourth-order valence-corrected chi connectivity index (χ4v) is 0.321. The van der Waals surface area contributed by atoms with E-state index < -0.39 is 17.9 Å². The number of carbonyl (C=O) groups is 3. The highest BCUT2D eigenvalue weighted by atomic mass is 16.5. The number of nitrogens with one attached hydrogen (secondary N) is 2. The molecule has 0 radical (unpaired) electrons. The summed E-state index contributed by atoms with van der Waals surface area (Å²) in [4.78, 5) is 27.0. The second kappa shape index (κ2) is 25.2. The van der Waals surface area contributed by atoms with Gasteiger partial charge in [-0.05, 0) is 6.54 Å². The van der Waals surface area contributed by atoms with Crippen molar-refractivity contribution in [3.05, 3.63) is 0 Å². The lowest BCUT2D eigenvalue weighted by atomic mass is 10.6. The van der Waals surface area contributed by atoms with Gasteiger partial charge in [0.05, 0.1) is 0 Å². The molecule has 0 rings (SSSR count). The van der Waals surface area contributed by atoms with E-state index >= 15 is 0 Å². The number of rotatable bonds is 4. The lowest BCUT2D eigenvalue weighted by molar-refractivity contribution is -0.135. The van der Waals surface area contributed by atoms with Crippen molar-refractivity contribution < 1.29 is 34.9 Å².